The Balaban J connectivity index is 2.28. The Morgan fingerprint density at radius 3 is 2.06 bits per heavy atom. The molecule has 0 saturated carbocycles. The van der Waals surface area contributed by atoms with Crippen LogP contribution in [-0.2, 0) is 5.54 Å². The van der Waals surface area contributed by atoms with Crippen molar-refractivity contribution < 1.29 is 0 Å². The average molecular weight is 225 g/mol. The van der Waals surface area contributed by atoms with E-state index >= 15 is 0 Å². The first-order chi connectivity index (χ1) is 8.09. The minimum atomic E-state index is -0.0628. The van der Waals surface area contributed by atoms with Crippen LogP contribution in [-0.4, -0.2) is 0 Å². The fourth-order valence-electron chi connectivity index (χ4n) is 2.22. The largest absolute Gasteiger partial charge is 0.376 e. The van der Waals surface area contributed by atoms with Crippen LogP contribution in [0.5, 0.6) is 0 Å². The molecule has 0 fully saturated rings. The van der Waals surface area contributed by atoms with Crippen LogP contribution >= 0.6 is 0 Å². The van der Waals surface area contributed by atoms with Crippen molar-refractivity contribution in [1.82, 2.24) is 0 Å². The highest BCUT2D eigenvalue weighted by Gasteiger charge is 2.21. The molecule has 0 aromatic heterocycles. The lowest BCUT2D eigenvalue weighted by Gasteiger charge is -2.29. The molecule has 0 amide bonds. The number of para-hydroxylation sites is 1. The van der Waals surface area contributed by atoms with Gasteiger partial charge in [0.2, 0.25) is 0 Å². The lowest BCUT2D eigenvalue weighted by molar-refractivity contribution is 0.605. The monoisotopic (exact) mass is 225 g/mol. The lowest BCUT2D eigenvalue weighted by atomic mass is 9.90. The maximum Gasteiger partial charge on any atom is 0.0571 e. The molecule has 88 valence electrons. The van der Waals surface area contributed by atoms with Crippen molar-refractivity contribution in [3.63, 3.8) is 0 Å². The quantitative estimate of drug-likeness (QED) is 0.819. The minimum Gasteiger partial charge on any atom is -0.376 e. The number of nitrogens with one attached hydrogen (secondary N) is 1. The molecule has 2 rings (SSSR count). The Bertz CT molecular complexity index is 486. The highest BCUT2D eigenvalue weighted by atomic mass is 15.0. The SMILES string of the molecule is Cc1ccccc1C(C)(C)Nc1ccccc1. The van der Waals surface area contributed by atoms with Gasteiger partial charge in [0.15, 0.2) is 0 Å². The summed E-state index contributed by atoms with van der Waals surface area (Å²) in [5.74, 6) is 0. The topological polar surface area (TPSA) is 12.0 Å². The number of hydrogen-bond acceptors (Lipinski definition) is 1. The Labute approximate surface area is 103 Å². The van der Waals surface area contributed by atoms with Crippen molar-refractivity contribution in [3.05, 3.63) is 65.7 Å². The summed E-state index contributed by atoms with van der Waals surface area (Å²) in [5, 5.41) is 3.58. The Kier molecular flexibility index (Phi) is 3.19. The Morgan fingerprint density at radius 1 is 0.824 bits per heavy atom. The van der Waals surface area contributed by atoms with E-state index in [9.17, 15) is 0 Å². The van der Waals surface area contributed by atoms with Gasteiger partial charge in [0.1, 0.15) is 0 Å². The summed E-state index contributed by atoms with van der Waals surface area (Å²) in [6, 6.07) is 18.8. The summed E-state index contributed by atoms with van der Waals surface area (Å²) in [6.07, 6.45) is 0. The van der Waals surface area contributed by atoms with E-state index in [4.69, 9.17) is 0 Å². The van der Waals surface area contributed by atoms with Crippen molar-refractivity contribution in [2.45, 2.75) is 26.3 Å². The number of hydrogen-bond donors (Lipinski definition) is 1. The van der Waals surface area contributed by atoms with E-state index in [0.29, 0.717) is 0 Å². The van der Waals surface area contributed by atoms with Gasteiger partial charge in [-0.05, 0) is 44.0 Å². The predicted octanol–water partition coefficient (Wildman–Crippen LogP) is 4.34. The van der Waals surface area contributed by atoms with Crippen LogP contribution < -0.4 is 5.32 Å². The molecule has 1 nitrogen and oxygen atoms in total. The van der Waals surface area contributed by atoms with E-state index in [1.807, 2.05) is 6.07 Å². The van der Waals surface area contributed by atoms with E-state index in [1.54, 1.807) is 0 Å². The predicted molar refractivity (Wildman–Crippen MR) is 74.3 cm³/mol. The van der Waals surface area contributed by atoms with E-state index in [-0.39, 0.29) is 5.54 Å². The van der Waals surface area contributed by atoms with Gasteiger partial charge in [-0.15, -0.1) is 0 Å². The third-order valence-corrected chi connectivity index (χ3v) is 3.05. The van der Waals surface area contributed by atoms with Crippen LogP contribution in [0.25, 0.3) is 0 Å². The molecule has 1 N–H and O–H groups in total. The van der Waals surface area contributed by atoms with Gasteiger partial charge in [0.25, 0.3) is 0 Å². The van der Waals surface area contributed by atoms with E-state index in [0.717, 1.165) is 5.69 Å². The van der Waals surface area contributed by atoms with E-state index < -0.39 is 0 Å². The molecular formula is C16H19N. The fourth-order valence-corrected chi connectivity index (χ4v) is 2.22. The van der Waals surface area contributed by atoms with E-state index in [2.05, 4.69) is 74.6 Å². The first kappa shape index (κ1) is 11.7. The summed E-state index contributed by atoms with van der Waals surface area (Å²) >= 11 is 0. The molecular weight excluding hydrogens is 206 g/mol. The van der Waals surface area contributed by atoms with Gasteiger partial charge < -0.3 is 5.32 Å². The smallest absolute Gasteiger partial charge is 0.0571 e. The van der Waals surface area contributed by atoms with Crippen LogP contribution in [0, 0.1) is 6.92 Å². The third-order valence-electron chi connectivity index (χ3n) is 3.05. The van der Waals surface area contributed by atoms with Gasteiger partial charge in [-0.1, -0.05) is 42.5 Å². The molecule has 1 heteroatoms. The van der Waals surface area contributed by atoms with Gasteiger partial charge in [-0.3, -0.25) is 0 Å². The zero-order valence-corrected chi connectivity index (χ0v) is 10.7. The maximum atomic E-state index is 3.58. The highest BCUT2D eigenvalue weighted by molar-refractivity contribution is 5.48. The molecule has 0 unspecified atom stereocenters. The molecule has 0 atom stereocenters. The first-order valence-electron chi connectivity index (χ1n) is 5.99. The number of aryl methyl sites for hydroxylation is 1. The summed E-state index contributed by atoms with van der Waals surface area (Å²) in [4.78, 5) is 0. The molecule has 0 aliphatic rings. The van der Waals surface area contributed by atoms with Gasteiger partial charge >= 0.3 is 0 Å². The van der Waals surface area contributed by atoms with Crippen molar-refractivity contribution in [2.24, 2.45) is 0 Å². The molecule has 2 aromatic rings. The maximum absolute atomic E-state index is 3.58. The molecule has 17 heavy (non-hydrogen) atoms. The first-order valence-corrected chi connectivity index (χ1v) is 5.99. The standard InChI is InChI=1S/C16H19N/c1-13-9-7-8-12-15(13)16(2,3)17-14-10-5-4-6-11-14/h4-12,17H,1-3H3. The summed E-state index contributed by atoms with van der Waals surface area (Å²) < 4.78 is 0. The zero-order valence-electron chi connectivity index (χ0n) is 10.7. The molecule has 2 aromatic carbocycles. The van der Waals surface area contributed by atoms with Crippen LogP contribution in [0.2, 0.25) is 0 Å². The van der Waals surface area contributed by atoms with Crippen molar-refractivity contribution in [1.29, 1.82) is 0 Å². The van der Waals surface area contributed by atoms with Gasteiger partial charge in [-0.2, -0.15) is 0 Å². The van der Waals surface area contributed by atoms with Crippen LogP contribution in [0.15, 0.2) is 54.6 Å². The third kappa shape index (κ3) is 2.68. The summed E-state index contributed by atoms with van der Waals surface area (Å²) in [6.45, 7) is 6.58. The summed E-state index contributed by atoms with van der Waals surface area (Å²) in [7, 11) is 0. The lowest BCUT2D eigenvalue weighted by Crippen LogP contribution is -2.28. The molecule has 0 aliphatic heterocycles. The molecule has 0 bridgehead atoms. The zero-order chi connectivity index (χ0) is 12.3. The van der Waals surface area contributed by atoms with Crippen LogP contribution in [0.1, 0.15) is 25.0 Å². The minimum absolute atomic E-state index is 0.0628. The Morgan fingerprint density at radius 2 is 1.41 bits per heavy atom. The molecule has 0 radical (unpaired) electrons. The fraction of sp³-hybridized carbons (Fsp3) is 0.250. The van der Waals surface area contributed by atoms with Crippen LogP contribution in [0.4, 0.5) is 5.69 Å². The van der Waals surface area contributed by atoms with Crippen molar-refractivity contribution in [3.8, 4) is 0 Å². The van der Waals surface area contributed by atoms with Gasteiger partial charge in [-0.25, -0.2) is 0 Å². The molecule has 0 aliphatic carbocycles. The second-order valence-corrected chi connectivity index (χ2v) is 4.93. The molecule has 0 spiro atoms. The van der Waals surface area contributed by atoms with Gasteiger partial charge in [0, 0.05) is 5.69 Å². The Hall–Kier alpha value is -1.76. The summed E-state index contributed by atoms with van der Waals surface area (Å²) in [5.41, 5.74) is 3.75. The number of rotatable bonds is 3. The normalized spacial score (nSPS) is 11.2. The van der Waals surface area contributed by atoms with Gasteiger partial charge in [0.05, 0.1) is 5.54 Å². The molecule has 0 heterocycles. The van der Waals surface area contributed by atoms with Crippen LogP contribution in [0.3, 0.4) is 0 Å². The molecule has 0 saturated heterocycles. The second-order valence-electron chi connectivity index (χ2n) is 4.93. The number of anilines is 1. The second kappa shape index (κ2) is 4.62. The van der Waals surface area contributed by atoms with E-state index in [1.165, 1.54) is 11.1 Å². The highest BCUT2D eigenvalue weighted by Crippen LogP contribution is 2.27. The number of benzene rings is 2. The van der Waals surface area contributed by atoms with Crippen molar-refractivity contribution >= 4 is 5.69 Å². The average Bonchev–Trinajstić information content (AvgIpc) is 2.30. The van der Waals surface area contributed by atoms with Crippen molar-refractivity contribution in [2.75, 3.05) is 5.32 Å².